The van der Waals surface area contributed by atoms with Crippen LogP contribution in [0, 0.1) is 11.3 Å². The van der Waals surface area contributed by atoms with E-state index in [-0.39, 0.29) is 16.2 Å². The molecule has 0 bridgehead atoms. The lowest BCUT2D eigenvalue weighted by atomic mass is 10.1. The molecule has 1 fully saturated rings. The molecular formula is C10H12Br2F4. The fourth-order valence-electron chi connectivity index (χ4n) is 1.60. The van der Waals surface area contributed by atoms with Crippen LogP contribution < -0.4 is 0 Å². The Labute approximate surface area is 109 Å². The minimum atomic E-state index is -4.89. The van der Waals surface area contributed by atoms with Gasteiger partial charge in [-0.2, -0.15) is 13.2 Å². The van der Waals surface area contributed by atoms with Gasteiger partial charge in [0.15, 0.2) is 0 Å². The van der Waals surface area contributed by atoms with Crippen molar-refractivity contribution in [2.45, 2.75) is 36.1 Å². The summed E-state index contributed by atoms with van der Waals surface area (Å²) in [5.74, 6) is -1.77. The van der Waals surface area contributed by atoms with Crippen LogP contribution in [0.4, 0.5) is 17.6 Å². The third kappa shape index (κ3) is 3.45. The standard InChI is InChI=1S/C10H12Br2F4/c1-9(2)4-5(9)8(12)6(11)3-7(13)10(14,15)16/h3,5-6,8H,4H2,1-2H3/b7-3+. The summed E-state index contributed by atoms with van der Waals surface area (Å²) in [7, 11) is 0. The minimum absolute atomic E-state index is 0.128. The van der Waals surface area contributed by atoms with Gasteiger partial charge in [0.2, 0.25) is 5.83 Å². The molecule has 0 aromatic heterocycles. The highest BCUT2D eigenvalue weighted by atomic mass is 79.9. The average Bonchev–Trinajstić information content (AvgIpc) is 2.72. The molecule has 16 heavy (non-hydrogen) atoms. The second-order valence-corrected chi connectivity index (χ2v) is 6.82. The predicted molar refractivity (Wildman–Crippen MR) is 62.6 cm³/mol. The summed E-state index contributed by atoms with van der Waals surface area (Å²) >= 11 is 6.38. The third-order valence-electron chi connectivity index (χ3n) is 2.85. The SMILES string of the molecule is CC1(C)CC1C(Br)C(Br)/C=C(/F)C(F)(F)F. The number of halogens is 6. The van der Waals surface area contributed by atoms with E-state index in [9.17, 15) is 17.6 Å². The molecule has 0 radical (unpaired) electrons. The second-order valence-electron chi connectivity index (χ2n) is 4.70. The van der Waals surface area contributed by atoms with Crippen molar-refractivity contribution in [3.05, 3.63) is 11.9 Å². The van der Waals surface area contributed by atoms with Crippen LogP contribution in [0.25, 0.3) is 0 Å². The summed E-state index contributed by atoms with van der Waals surface area (Å²) < 4.78 is 48.6. The van der Waals surface area contributed by atoms with Crippen LogP contribution in [0.1, 0.15) is 20.3 Å². The summed E-state index contributed by atoms with van der Waals surface area (Å²) in [6.07, 6.45) is -3.38. The van der Waals surface area contributed by atoms with Gasteiger partial charge in [-0.1, -0.05) is 45.7 Å². The molecule has 0 N–H and O–H groups in total. The van der Waals surface area contributed by atoms with E-state index in [2.05, 4.69) is 31.9 Å². The van der Waals surface area contributed by atoms with Gasteiger partial charge in [0, 0.05) is 9.65 Å². The van der Waals surface area contributed by atoms with Crippen LogP contribution in [-0.4, -0.2) is 15.8 Å². The first kappa shape index (κ1) is 14.5. The van der Waals surface area contributed by atoms with Crippen molar-refractivity contribution in [3.8, 4) is 0 Å². The first-order chi connectivity index (χ1) is 7.05. The topological polar surface area (TPSA) is 0 Å². The van der Waals surface area contributed by atoms with Gasteiger partial charge in [-0.3, -0.25) is 0 Å². The Kier molecular flexibility index (Phi) is 4.16. The van der Waals surface area contributed by atoms with Gasteiger partial charge in [0.1, 0.15) is 0 Å². The van der Waals surface area contributed by atoms with Gasteiger partial charge in [0.05, 0.1) is 0 Å². The van der Waals surface area contributed by atoms with Crippen molar-refractivity contribution in [3.63, 3.8) is 0 Å². The monoisotopic (exact) mass is 366 g/mol. The molecule has 6 heteroatoms. The fourth-order valence-corrected chi connectivity index (χ4v) is 3.26. The number of hydrogen-bond acceptors (Lipinski definition) is 0. The zero-order valence-corrected chi connectivity index (χ0v) is 12.0. The Morgan fingerprint density at radius 2 is 1.81 bits per heavy atom. The summed E-state index contributed by atoms with van der Waals surface area (Å²) in [5.41, 5.74) is 0.128. The van der Waals surface area contributed by atoms with E-state index >= 15 is 0 Å². The molecule has 1 aliphatic carbocycles. The highest BCUT2D eigenvalue weighted by molar-refractivity contribution is 9.12. The molecule has 94 valence electrons. The van der Waals surface area contributed by atoms with Crippen molar-refractivity contribution >= 4 is 31.9 Å². The molecule has 0 saturated heterocycles. The molecule has 0 aromatic carbocycles. The number of hydrogen-bond donors (Lipinski definition) is 0. The van der Waals surface area contributed by atoms with E-state index in [1.807, 2.05) is 13.8 Å². The first-order valence-corrected chi connectivity index (χ1v) is 6.61. The Balaban J connectivity index is 2.63. The Morgan fingerprint density at radius 1 is 1.38 bits per heavy atom. The fraction of sp³-hybridized carbons (Fsp3) is 0.800. The zero-order chi connectivity index (χ0) is 12.7. The molecular weight excluding hydrogens is 356 g/mol. The highest BCUT2D eigenvalue weighted by Gasteiger charge is 2.51. The minimum Gasteiger partial charge on any atom is -0.202 e. The largest absolute Gasteiger partial charge is 0.442 e. The zero-order valence-electron chi connectivity index (χ0n) is 8.78. The second kappa shape index (κ2) is 4.59. The van der Waals surface area contributed by atoms with Crippen molar-refractivity contribution in [2.75, 3.05) is 0 Å². The van der Waals surface area contributed by atoms with E-state index in [1.54, 1.807) is 0 Å². The van der Waals surface area contributed by atoms with Gasteiger partial charge in [0.25, 0.3) is 0 Å². The molecule has 1 saturated carbocycles. The molecule has 0 aliphatic heterocycles. The molecule has 0 heterocycles. The number of alkyl halides is 5. The first-order valence-electron chi connectivity index (χ1n) is 4.78. The molecule has 3 atom stereocenters. The summed E-state index contributed by atoms with van der Waals surface area (Å²) in [6, 6.07) is 0. The van der Waals surface area contributed by atoms with Crippen molar-refractivity contribution in [2.24, 2.45) is 11.3 Å². The lowest BCUT2D eigenvalue weighted by Gasteiger charge is -2.15. The van der Waals surface area contributed by atoms with Crippen molar-refractivity contribution < 1.29 is 17.6 Å². The summed E-state index contributed by atoms with van der Waals surface area (Å²) in [5, 5.41) is 0. The van der Waals surface area contributed by atoms with E-state index in [1.165, 1.54) is 0 Å². The van der Waals surface area contributed by atoms with Crippen LogP contribution in [0.3, 0.4) is 0 Å². The number of allylic oxidation sites excluding steroid dienone is 2. The molecule has 0 nitrogen and oxygen atoms in total. The smallest absolute Gasteiger partial charge is 0.202 e. The van der Waals surface area contributed by atoms with Crippen LogP contribution in [0.2, 0.25) is 0 Å². The highest BCUT2D eigenvalue weighted by Crippen LogP contribution is 2.57. The molecule has 3 unspecified atom stereocenters. The van der Waals surface area contributed by atoms with Gasteiger partial charge >= 0.3 is 6.18 Å². The van der Waals surface area contributed by atoms with Crippen molar-refractivity contribution in [1.29, 1.82) is 0 Å². The molecule has 1 aliphatic rings. The molecule has 1 rings (SSSR count). The van der Waals surface area contributed by atoms with Crippen LogP contribution in [-0.2, 0) is 0 Å². The maximum absolute atomic E-state index is 12.7. The third-order valence-corrected chi connectivity index (χ3v) is 5.61. The Bertz CT molecular complexity index is 296. The predicted octanol–water partition coefficient (Wildman–Crippen LogP) is 4.98. The van der Waals surface area contributed by atoms with Gasteiger partial charge < -0.3 is 0 Å². The lowest BCUT2D eigenvalue weighted by Crippen LogP contribution is -2.19. The summed E-state index contributed by atoms with van der Waals surface area (Å²) in [6.45, 7) is 4.07. The maximum atomic E-state index is 12.7. The molecule has 0 aromatic rings. The van der Waals surface area contributed by atoms with Crippen LogP contribution in [0.5, 0.6) is 0 Å². The molecule has 0 amide bonds. The maximum Gasteiger partial charge on any atom is 0.442 e. The molecule has 0 spiro atoms. The lowest BCUT2D eigenvalue weighted by molar-refractivity contribution is -0.109. The van der Waals surface area contributed by atoms with Crippen LogP contribution >= 0.6 is 31.9 Å². The van der Waals surface area contributed by atoms with Crippen LogP contribution in [0.15, 0.2) is 11.9 Å². The average molecular weight is 368 g/mol. The van der Waals surface area contributed by atoms with Gasteiger partial charge in [-0.15, -0.1) is 0 Å². The summed E-state index contributed by atoms with van der Waals surface area (Å²) in [4.78, 5) is -0.837. The van der Waals surface area contributed by atoms with Gasteiger partial charge in [-0.05, 0) is 23.8 Å². The number of rotatable bonds is 3. The Hall–Kier alpha value is 0.420. The van der Waals surface area contributed by atoms with Gasteiger partial charge in [-0.25, -0.2) is 4.39 Å². The van der Waals surface area contributed by atoms with Crippen molar-refractivity contribution in [1.82, 2.24) is 0 Å². The van der Waals surface area contributed by atoms with E-state index in [4.69, 9.17) is 0 Å². The van der Waals surface area contributed by atoms with E-state index < -0.39 is 16.8 Å². The quantitative estimate of drug-likeness (QED) is 0.487. The van der Waals surface area contributed by atoms with E-state index in [0.29, 0.717) is 6.08 Å². The van der Waals surface area contributed by atoms with E-state index in [0.717, 1.165) is 6.42 Å². The Morgan fingerprint density at radius 3 is 2.12 bits per heavy atom. The normalized spacial score (nSPS) is 28.8.